The maximum Gasteiger partial charge on any atom is 0.00933 e. The summed E-state index contributed by atoms with van der Waals surface area (Å²) in [6, 6.07) is 1.62. The van der Waals surface area contributed by atoms with Crippen molar-refractivity contribution in [3.63, 3.8) is 0 Å². The number of nitrogens with one attached hydrogen (secondary N) is 1. The molecule has 1 fully saturated rings. The number of hydrogen-bond donors (Lipinski definition) is 1. The maximum absolute atomic E-state index is 3.40. The Kier molecular flexibility index (Phi) is 5.62. The molecule has 2 nitrogen and oxygen atoms in total. The fraction of sp³-hybridized carbons (Fsp3) is 1.00. The van der Waals surface area contributed by atoms with E-state index in [0.717, 1.165) is 18.0 Å². The fourth-order valence-electron chi connectivity index (χ4n) is 2.45. The van der Waals surface area contributed by atoms with Crippen LogP contribution >= 0.6 is 0 Å². The fourth-order valence-corrected chi connectivity index (χ4v) is 2.45. The van der Waals surface area contributed by atoms with E-state index in [1.54, 1.807) is 0 Å². The van der Waals surface area contributed by atoms with E-state index in [1.807, 2.05) is 0 Å². The molecule has 15 heavy (non-hydrogen) atoms. The Balaban J connectivity index is 2.20. The van der Waals surface area contributed by atoms with E-state index in [9.17, 15) is 0 Å². The average molecular weight is 212 g/mol. The van der Waals surface area contributed by atoms with Crippen LogP contribution in [0.1, 0.15) is 46.0 Å². The summed E-state index contributed by atoms with van der Waals surface area (Å²) in [6.45, 7) is 5.89. The van der Waals surface area contributed by atoms with Crippen molar-refractivity contribution >= 4 is 0 Å². The zero-order valence-electron chi connectivity index (χ0n) is 10.9. The third-order valence-electron chi connectivity index (χ3n) is 3.79. The second kappa shape index (κ2) is 6.49. The van der Waals surface area contributed by atoms with Gasteiger partial charge in [0.1, 0.15) is 0 Å². The molecule has 0 atom stereocenters. The van der Waals surface area contributed by atoms with Crippen molar-refractivity contribution in [2.75, 3.05) is 20.6 Å². The molecule has 0 spiro atoms. The van der Waals surface area contributed by atoms with Crippen LogP contribution in [-0.2, 0) is 0 Å². The molecular weight excluding hydrogens is 184 g/mol. The van der Waals surface area contributed by atoms with Gasteiger partial charge in [-0.1, -0.05) is 13.8 Å². The van der Waals surface area contributed by atoms with Gasteiger partial charge in [-0.15, -0.1) is 0 Å². The van der Waals surface area contributed by atoms with Gasteiger partial charge < -0.3 is 10.2 Å². The molecule has 0 amide bonds. The summed E-state index contributed by atoms with van der Waals surface area (Å²) >= 11 is 0. The van der Waals surface area contributed by atoms with Crippen molar-refractivity contribution in [2.45, 2.75) is 58.0 Å². The lowest BCUT2D eigenvalue weighted by atomic mass is 9.90. The first kappa shape index (κ1) is 13.0. The molecule has 90 valence electrons. The standard InChI is InChI=1S/C13H28N2/c1-11(2)9-10-15(4)13-7-5-12(14-3)6-8-13/h11-14H,5-10H2,1-4H3. The zero-order chi connectivity index (χ0) is 11.3. The summed E-state index contributed by atoms with van der Waals surface area (Å²) in [7, 11) is 4.39. The van der Waals surface area contributed by atoms with E-state index < -0.39 is 0 Å². The van der Waals surface area contributed by atoms with Crippen LogP contribution in [0.2, 0.25) is 0 Å². The molecule has 0 aliphatic heterocycles. The minimum absolute atomic E-state index is 0.778. The molecule has 0 saturated heterocycles. The highest BCUT2D eigenvalue weighted by Gasteiger charge is 2.22. The quantitative estimate of drug-likeness (QED) is 0.753. The van der Waals surface area contributed by atoms with Crippen LogP contribution < -0.4 is 5.32 Å². The van der Waals surface area contributed by atoms with E-state index in [-0.39, 0.29) is 0 Å². The highest BCUT2D eigenvalue weighted by molar-refractivity contribution is 4.80. The SMILES string of the molecule is CNC1CCC(N(C)CCC(C)C)CC1. The smallest absolute Gasteiger partial charge is 0.00933 e. The number of rotatable bonds is 5. The van der Waals surface area contributed by atoms with E-state index >= 15 is 0 Å². The average Bonchev–Trinajstić information content (AvgIpc) is 2.26. The van der Waals surface area contributed by atoms with Crippen molar-refractivity contribution in [2.24, 2.45) is 5.92 Å². The maximum atomic E-state index is 3.40. The molecule has 0 unspecified atom stereocenters. The first-order chi connectivity index (χ1) is 7.13. The van der Waals surface area contributed by atoms with Gasteiger partial charge in [-0.2, -0.15) is 0 Å². The van der Waals surface area contributed by atoms with Crippen LogP contribution in [0.15, 0.2) is 0 Å². The molecule has 0 bridgehead atoms. The summed E-state index contributed by atoms with van der Waals surface area (Å²) in [6.07, 6.45) is 6.79. The molecule has 0 heterocycles. The Morgan fingerprint density at radius 3 is 2.27 bits per heavy atom. The topological polar surface area (TPSA) is 15.3 Å². The number of hydrogen-bond acceptors (Lipinski definition) is 2. The highest BCUT2D eigenvalue weighted by atomic mass is 15.1. The Morgan fingerprint density at radius 2 is 1.80 bits per heavy atom. The van der Waals surface area contributed by atoms with Crippen molar-refractivity contribution in [3.8, 4) is 0 Å². The van der Waals surface area contributed by atoms with Gasteiger partial charge in [0.25, 0.3) is 0 Å². The normalized spacial score (nSPS) is 27.6. The first-order valence-electron chi connectivity index (χ1n) is 6.51. The molecule has 1 saturated carbocycles. The summed E-state index contributed by atoms with van der Waals surface area (Å²) < 4.78 is 0. The summed E-state index contributed by atoms with van der Waals surface area (Å²) in [5, 5.41) is 3.40. The Bertz CT molecular complexity index is 160. The van der Waals surface area contributed by atoms with Gasteiger partial charge in [0.15, 0.2) is 0 Å². The molecular formula is C13H28N2. The van der Waals surface area contributed by atoms with E-state index in [4.69, 9.17) is 0 Å². The minimum atomic E-state index is 0.778. The zero-order valence-corrected chi connectivity index (χ0v) is 10.9. The molecule has 0 radical (unpaired) electrons. The van der Waals surface area contributed by atoms with Crippen LogP contribution in [0.4, 0.5) is 0 Å². The van der Waals surface area contributed by atoms with Crippen molar-refractivity contribution in [3.05, 3.63) is 0 Å². The predicted molar refractivity (Wildman–Crippen MR) is 67.2 cm³/mol. The van der Waals surface area contributed by atoms with Gasteiger partial charge in [-0.3, -0.25) is 0 Å². The Morgan fingerprint density at radius 1 is 1.20 bits per heavy atom. The van der Waals surface area contributed by atoms with Crippen LogP contribution in [0, 0.1) is 5.92 Å². The van der Waals surface area contributed by atoms with E-state index in [2.05, 4.69) is 38.2 Å². The minimum Gasteiger partial charge on any atom is -0.317 e. The van der Waals surface area contributed by atoms with Crippen molar-refractivity contribution < 1.29 is 0 Å². The third-order valence-corrected chi connectivity index (χ3v) is 3.79. The Labute approximate surface area is 95.4 Å². The van der Waals surface area contributed by atoms with Gasteiger partial charge in [-0.05, 0) is 58.7 Å². The van der Waals surface area contributed by atoms with Crippen LogP contribution in [0.25, 0.3) is 0 Å². The van der Waals surface area contributed by atoms with Crippen molar-refractivity contribution in [1.29, 1.82) is 0 Å². The van der Waals surface area contributed by atoms with Gasteiger partial charge >= 0.3 is 0 Å². The molecule has 0 aromatic heterocycles. The largest absolute Gasteiger partial charge is 0.317 e. The molecule has 1 rings (SSSR count). The van der Waals surface area contributed by atoms with Gasteiger partial charge in [0.2, 0.25) is 0 Å². The number of nitrogens with zero attached hydrogens (tertiary/aromatic N) is 1. The summed E-state index contributed by atoms with van der Waals surface area (Å²) in [5.41, 5.74) is 0. The van der Waals surface area contributed by atoms with E-state index in [0.29, 0.717) is 0 Å². The van der Waals surface area contributed by atoms with Gasteiger partial charge in [-0.25, -0.2) is 0 Å². The van der Waals surface area contributed by atoms with Gasteiger partial charge in [0.05, 0.1) is 0 Å². The monoisotopic (exact) mass is 212 g/mol. The highest BCUT2D eigenvalue weighted by Crippen LogP contribution is 2.22. The van der Waals surface area contributed by atoms with Crippen LogP contribution in [0.3, 0.4) is 0 Å². The lowest BCUT2D eigenvalue weighted by molar-refractivity contribution is 0.169. The molecule has 1 aliphatic rings. The predicted octanol–water partition coefficient (Wildman–Crippen LogP) is 2.49. The first-order valence-corrected chi connectivity index (χ1v) is 6.51. The molecule has 0 aromatic rings. The molecule has 2 heteroatoms. The van der Waals surface area contributed by atoms with Gasteiger partial charge in [0, 0.05) is 12.1 Å². The molecule has 0 aromatic carbocycles. The lowest BCUT2D eigenvalue weighted by Gasteiger charge is -2.34. The van der Waals surface area contributed by atoms with Crippen LogP contribution in [0.5, 0.6) is 0 Å². The lowest BCUT2D eigenvalue weighted by Crippen LogP contribution is -2.40. The molecule has 1 N–H and O–H groups in total. The second-order valence-corrected chi connectivity index (χ2v) is 5.46. The van der Waals surface area contributed by atoms with Crippen molar-refractivity contribution in [1.82, 2.24) is 10.2 Å². The summed E-state index contributed by atoms with van der Waals surface area (Å²) in [5.74, 6) is 0.834. The second-order valence-electron chi connectivity index (χ2n) is 5.46. The van der Waals surface area contributed by atoms with Crippen LogP contribution in [-0.4, -0.2) is 37.6 Å². The Hall–Kier alpha value is -0.0800. The third kappa shape index (κ3) is 4.52. The van der Waals surface area contributed by atoms with E-state index in [1.165, 1.54) is 38.6 Å². The molecule has 1 aliphatic carbocycles. The summed E-state index contributed by atoms with van der Waals surface area (Å²) in [4.78, 5) is 2.58.